The van der Waals surface area contributed by atoms with E-state index >= 15 is 0 Å². The first-order valence-electron chi connectivity index (χ1n) is 9.01. The summed E-state index contributed by atoms with van der Waals surface area (Å²) in [5.74, 6) is 0.609. The van der Waals surface area contributed by atoms with Crippen LogP contribution in [0.25, 0.3) is 6.08 Å². The van der Waals surface area contributed by atoms with Crippen molar-refractivity contribution >= 4 is 23.4 Å². The lowest BCUT2D eigenvalue weighted by Crippen LogP contribution is -2.03. The van der Waals surface area contributed by atoms with Crippen molar-refractivity contribution < 1.29 is 19.2 Å². The van der Waals surface area contributed by atoms with Crippen LogP contribution in [0.1, 0.15) is 11.1 Å². The number of carbonyl (C=O) groups is 1. The lowest BCUT2D eigenvalue weighted by molar-refractivity contribution is -0.384. The van der Waals surface area contributed by atoms with Gasteiger partial charge < -0.3 is 14.8 Å². The number of benzene rings is 2. The molecule has 3 aromatic rings. The van der Waals surface area contributed by atoms with Crippen LogP contribution in [0, 0.1) is 10.1 Å². The topological polar surface area (TPSA) is 104 Å². The van der Waals surface area contributed by atoms with Crippen LogP contribution in [0.3, 0.4) is 0 Å². The second-order valence-corrected chi connectivity index (χ2v) is 6.16. The molecule has 8 nitrogen and oxygen atoms in total. The highest BCUT2D eigenvalue weighted by molar-refractivity contribution is 5.87. The van der Waals surface area contributed by atoms with E-state index in [4.69, 9.17) is 4.74 Å². The van der Waals surface area contributed by atoms with Crippen LogP contribution in [-0.4, -0.2) is 23.0 Å². The number of methoxy groups -OCH3 is 1. The summed E-state index contributed by atoms with van der Waals surface area (Å²) in [4.78, 5) is 26.4. The molecule has 152 valence electrons. The van der Waals surface area contributed by atoms with E-state index in [1.54, 1.807) is 24.4 Å². The molecule has 3 rings (SSSR count). The number of para-hydroxylation sites is 1. The molecular formula is C22H19N3O5. The van der Waals surface area contributed by atoms with Gasteiger partial charge in [0.15, 0.2) is 0 Å². The quantitative estimate of drug-likeness (QED) is 0.253. The zero-order chi connectivity index (χ0) is 21.3. The minimum atomic E-state index is -0.535. The molecule has 0 aliphatic rings. The molecule has 30 heavy (non-hydrogen) atoms. The van der Waals surface area contributed by atoms with Crippen LogP contribution in [0.4, 0.5) is 11.4 Å². The predicted molar refractivity (Wildman–Crippen MR) is 112 cm³/mol. The Hall–Kier alpha value is -4.20. The number of aromatic nitrogens is 1. The Kier molecular flexibility index (Phi) is 6.73. The van der Waals surface area contributed by atoms with Gasteiger partial charge in [0.1, 0.15) is 11.4 Å². The Morgan fingerprint density at radius 2 is 1.97 bits per heavy atom. The summed E-state index contributed by atoms with van der Waals surface area (Å²) < 4.78 is 10.2. The van der Waals surface area contributed by atoms with Crippen LogP contribution in [0.5, 0.6) is 11.6 Å². The minimum absolute atomic E-state index is 0.0981. The molecule has 0 bridgehead atoms. The fourth-order valence-electron chi connectivity index (χ4n) is 2.57. The van der Waals surface area contributed by atoms with Crippen molar-refractivity contribution in [2.75, 3.05) is 12.4 Å². The zero-order valence-electron chi connectivity index (χ0n) is 16.1. The Bertz CT molecular complexity index is 1050. The maximum Gasteiger partial charge on any atom is 0.330 e. The van der Waals surface area contributed by atoms with Crippen molar-refractivity contribution in [2.45, 2.75) is 6.54 Å². The monoisotopic (exact) mass is 405 g/mol. The lowest BCUT2D eigenvalue weighted by Gasteiger charge is -2.09. The molecule has 0 radical (unpaired) electrons. The SMILES string of the molecule is COC(=O)/C=C/c1ccc(NCc2ccc(Oc3ccccc3)nc2)c([N+](=O)[O-])c1. The highest BCUT2D eigenvalue weighted by Gasteiger charge is 2.14. The number of nitro benzene ring substituents is 1. The number of hydrogen-bond donors (Lipinski definition) is 1. The van der Waals surface area contributed by atoms with Gasteiger partial charge in [-0.15, -0.1) is 0 Å². The number of ether oxygens (including phenoxy) is 2. The zero-order valence-corrected chi connectivity index (χ0v) is 16.1. The van der Waals surface area contributed by atoms with Gasteiger partial charge in [-0.2, -0.15) is 0 Å². The molecular weight excluding hydrogens is 386 g/mol. The molecule has 1 N–H and O–H groups in total. The first kappa shape index (κ1) is 20.5. The standard InChI is InChI=1S/C22H19N3O5/c1-29-22(26)12-9-16-7-10-19(20(13-16)25(27)28)23-14-17-8-11-21(24-15-17)30-18-5-3-2-4-6-18/h2-13,15,23H,14H2,1H3/b12-9+. The number of anilines is 1. The first-order valence-corrected chi connectivity index (χ1v) is 9.01. The molecule has 0 amide bonds. The smallest absolute Gasteiger partial charge is 0.330 e. The van der Waals surface area contributed by atoms with E-state index in [-0.39, 0.29) is 5.69 Å². The second kappa shape index (κ2) is 9.83. The number of nitrogens with zero attached hydrogens (tertiary/aromatic N) is 2. The van der Waals surface area contributed by atoms with Crippen molar-refractivity contribution in [3.8, 4) is 11.6 Å². The highest BCUT2D eigenvalue weighted by Crippen LogP contribution is 2.27. The normalized spacial score (nSPS) is 10.6. The second-order valence-electron chi connectivity index (χ2n) is 6.16. The summed E-state index contributed by atoms with van der Waals surface area (Å²) in [6.07, 6.45) is 4.31. The average molecular weight is 405 g/mol. The summed E-state index contributed by atoms with van der Waals surface area (Å²) >= 11 is 0. The molecule has 0 unspecified atom stereocenters. The molecule has 0 aliphatic carbocycles. The van der Waals surface area contributed by atoms with Crippen LogP contribution in [0.15, 0.2) is 72.9 Å². The van der Waals surface area contributed by atoms with Gasteiger partial charge >= 0.3 is 5.97 Å². The Morgan fingerprint density at radius 1 is 1.17 bits per heavy atom. The third kappa shape index (κ3) is 5.65. The summed E-state index contributed by atoms with van der Waals surface area (Å²) in [5, 5.41) is 14.5. The molecule has 8 heteroatoms. The number of hydrogen-bond acceptors (Lipinski definition) is 7. The Labute approximate surface area is 172 Å². The third-order valence-corrected chi connectivity index (χ3v) is 4.08. The lowest BCUT2D eigenvalue weighted by atomic mass is 10.1. The van der Waals surface area contributed by atoms with Gasteiger partial charge in [0, 0.05) is 31.0 Å². The average Bonchev–Trinajstić information content (AvgIpc) is 2.77. The van der Waals surface area contributed by atoms with Gasteiger partial charge in [-0.1, -0.05) is 30.3 Å². The van der Waals surface area contributed by atoms with Crippen molar-refractivity contribution in [1.82, 2.24) is 4.98 Å². The van der Waals surface area contributed by atoms with Crippen LogP contribution >= 0.6 is 0 Å². The molecule has 0 fully saturated rings. The van der Waals surface area contributed by atoms with Gasteiger partial charge in [0.25, 0.3) is 5.69 Å². The number of nitrogens with one attached hydrogen (secondary N) is 1. The molecule has 0 saturated carbocycles. The fraction of sp³-hybridized carbons (Fsp3) is 0.0909. The highest BCUT2D eigenvalue weighted by atomic mass is 16.6. The molecule has 0 atom stereocenters. The van der Waals surface area contributed by atoms with E-state index in [9.17, 15) is 14.9 Å². The summed E-state index contributed by atoms with van der Waals surface area (Å²) in [7, 11) is 1.26. The van der Waals surface area contributed by atoms with Gasteiger partial charge in [0.2, 0.25) is 5.88 Å². The van der Waals surface area contributed by atoms with Gasteiger partial charge in [-0.05, 0) is 35.4 Å². The van der Waals surface area contributed by atoms with Crippen molar-refractivity contribution in [3.63, 3.8) is 0 Å². The van der Waals surface area contributed by atoms with Gasteiger partial charge in [-0.25, -0.2) is 9.78 Å². The number of nitro groups is 1. The van der Waals surface area contributed by atoms with Gasteiger partial charge in [0.05, 0.1) is 12.0 Å². The van der Waals surface area contributed by atoms with E-state index in [2.05, 4.69) is 15.0 Å². The minimum Gasteiger partial charge on any atom is -0.466 e. The largest absolute Gasteiger partial charge is 0.466 e. The Morgan fingerprint density at radius 3 is 2.63 bits per heavy atom. The molecule has 0 spiro atoms. The molecule has 1 aromatic heterocycles. The summed E-state index contributed by atoms with van der Waals surface area (Å²) in [6, 6.07) is 17.5. The third-order valence-electron chi connectivity index (χ3n) is 4.08. The molecule has 0 saturated heterocycles. The maximum atomic E-state index is 11.4. The number of esters is 1. The summed E-state index contributed by atoms with van der Waals surface area (Å²) in [5.41, 5.74) is 1.61. The van der Waals surface area contributed by atoms with Gasteiger partial charge in [-0.3, -0.25) is 10.1 Å². The summed E-state index contributed by atoms with van der Waals surface area (Å²) in [6.45, 7) is 0.344. The number of rotatable bonds is 8. The van der Waals surface area contributed by atoms with Crippen molar-refractivity contribution in [1.29, 1.82) is 0 Å². The van der Waals surface area contributed by atoms with E-state index in [1.165, 1.54) is 25.3 Å². The maximum absolute atomic E-state index is 11.4. The molecule has 1 heterocycles. The van der Waals surface area contributed by atoms with Crippen LogP contribution < -0.4 is 10.1 Å². The fourth-order valence-corrected chi connectivity index (χ4v) is 2.57. The van der Waals surface area contributed by atoms with Crippen LogP contribution in [-0.2, 0) is 16.1 Å². The van der Waals surface area contributed by atoms with Crippen LogP contribution in [0.2, 0.25) is 0 Å². The Balaban J connectivity index is 1.66. The predicted octanol–water partition coefficient (Wildman–Crippen LogP) is 4.58. The number of pyridine rings is 1. The molecule has 0 aliphatic heterocycles. The molecule has 2 aromatic carbocycles. The van der Waals surface area contributed by atoms with E-state index in [1.807, 2.05) is 36.4 Å². The van der Waals surface area contributed by atoms with E-state index in [0.717, 1.165) is 5.56 Å². The van der Waals surface area contributed by atoms with E-state index < -0.39 is 10.9 Å². The van der Waals surface area contributed by atoms with Crippen molar-refractivity contribution in [2.24, 2.45) is 0 Å². The van der Waals surface area contributed by atoms with E-state index in [0.29, 0.717) is 29.4 Å². The first-order chi connectivity index (χ1) is 14.5. The number of carbonyl (C=O) groups excluding carboxylic acids is 1. The van der Waals surface area contributed by atoms with Crippen molar-refractivity contribution in [3.05, 3.63) is 94.2 Å².